The van der Waals surface area contributed by atoms with Crippen LogP contribution < -0.4 is 10.6 Å². The summed E-state index contributed by atoms with van der Waals surface area (Å²) in [5, 5.41) is 26.5. The summed E-state index contributed by atoms with van der Waals surface area (Å²) < 4.78 is 0. The summed E-state index contributed by atoms with van der Waals surface area (Å²) in [5.41, 5.74) is 5.94. The number of carboxylic acids is 2. The zero-order chi connectivity index (χ0) is 28.3. The second-order valence-corrected chi connectivity index (χ2v) is 10.5. The van der Waals surface area contributed by atoms with Gasteiger partial charge in [0.05, 0.1) is 6.42 Å². The summed E-state index contributed by atoms with van der Waals surface area (Å²) in [4.78, 5) is 36.0. The predicted octanol–water partition coefficient (Wildman–Crippen LogP) is 6.10. The largest absolute Gasteiger partial charge is 0.481 e. The van der Waals surface area contributed by atoms with Crippen molar-refractivity contribution in [3.8, 4) is 21.6 Å². The van der Waals surface area contributed by atoms with Crippen LogP contribution in [-0.4, -0.2) is 40.6 Å². The number of amides is 1. The number of thiophene rings is 1. The van der Waals surface area contributed by atoms with Gasteiger partial charge in [-0.2, -0.15) is 0 Å². The highest BCUT2D eigenvalue weighted by Gasteiger charge is 2.15. The highest BCUT2D eigenvalue weighted by atomic mass is 32.1. The molecule has 0 saturated heterocycles. The van der Waals surface area contributed by atoms with Crippen molar-refractivity contribution in [2.45, 2.75) is 38.1 Å². The molecule has 3 aromatic carbocycles. The number of aliphatic carboxylic acids is 2. The van der Waals surface area contributed by atoms with Crippen LogP contribution in [-0.2, 0) is 27.2 Å². The summed E-state index contributed by atoms with van der Waals surface area (Å²) in [5.74, 6) is -1.99. The molecule has 8 heteroatoms. The van der Waals surface area contributed by atoms with Crippen molar-refractivity contribution in [3.05, 3.63) is 101 Å². The van der Waals surface area contributed by atoms with Gasteiger partial charge in [-0.25, -0.2) is 0 Å². The number of rotatable bonds is 14. The van der Waals surface area contributed by atoms with E-state index in [9.17, 15) is 14.4 Å². The van der Waals surface area contributed by atoms with Gasteiger partial charge in [0.1, 0.15) is 0 Å². The van der Waals surface area contributed by atoms with Crippen molar-refractivity contribution >= 4 is 34.9 Å². The lowest BCUT2D eigenvalue weighted by Crippen LogP contribution is -2.40. The molecule has 0 aliphatic rings. The summed E-state index contributed by atoms with van der Waals surface area (Å²) in [6.07, 6.45) is 0.985. The van der Waals surface area contributed by atoms with Crippen molar-refractivity contribution in [3.63, 3.8) is 0 Å². The molecule has 0 aliphatic carbocycles. The summed E-state index contributed by atoms with van der Waals surface area (Å²) >= 11 is 1.70. The number of anilines is 1. The molecule has 4 N–H and O–H groups in total. The lowest BCUT2D eigenvalue weighted by molar-refractivity contribution is -0.138. The minimum atomic E-state index is -0.926. The Morgan fingerprint density at radius 2 is 1.52 bits per heavy atom. The smallest absolute Gasteiger partial charge is 0.307 e. The average Bonchev–Trinajstić information content (AvgIpc) is 3.44. The van der Waals surface area contributed by atoms with E-state index in [1.165, 1.54) is 16.0 Å². The van der Waals surface area contributed by atoms with Crippen LogP contribution in [0.3, 0.4) is 0 Å². The molecular formula is C32H32N2O5S. The third kappa shape index (κ3) is 8.81. The third-order valence-electron chi connectivity index (χ3n) is 6.49. The summed E-state index contributed by atoms with van der Waals surface area (Å²) in [6, 6.07) is 27.4. The van der Waals surface area contributed by atoms with E-state index in [1.807, 2.05) is 36.4 Å². The van der Waals surface area contributed by atoms with E-state index in [1.54, 1.807) is 29.5 Å². The van der Waals surface area contributed by atoms with Gasteiger partial charge in [0, 0.05) is 36.0 Å². The molecule has 0 fully saturated rings. The molecule has 1 aromatic heterocycles. The highest BCUT2D eigenvalue weighted by Crippen LogP contribution is 2.32. The number of carboxylic acid groups (broad SMARTS) is 2. The van der Waals surface area contributed by atoms with Crippen molar-refractivity contribution in [1.29, 1.82) is 0 Å². The van der Waals surface area contributed by atoms with Crippen LogP contribution in [0.4, 0.5) is 5.69 Å². The van der Waals surface area contributed by atoms with Crippen LogP contribution in [0.5, 0.6) is 0 Å². The van der Waals surface area contributed by atoms with Crippen LogP contribution in [0.15, 0.2) is 90.3 Å². The maximum Gasteiger partial charge on any atom is 0.307 e. The quantitative estimate of drug-likeness (QED) is 0.149. The maximum absolute atomic E-state index is 12.7. The molecule has 0 saturated carbocycles. The fraction of sp³-hybridized carbons (Fsp3) is 0.219. The third-order valence-corrected chi connectivity index (χ3v) is 7.47. The van der Waals surface area contributed by atoms with Gasteiger partial charge in [-0.05, 0) is 64.2 Å². The number of nitrogens with one attached hydrogen (secondary N) is 2. The first-order valence-electron chi connectivity index (χ1n) is 13.1. The van der Waals surface area contributed by atoms with Gasteiger partial charge in [0.2, 0.25) is 5.91 Å². The highest BCUT2D eigenvalue weighted by molar-refractivity contribution is 7.14. The van der Waals surface area contributed by atoms with Crippen molar-refractivity contribution < 1.29 is 24.6 Å². The molecular weight excluding hydrogens is 524 g/mol. The average molecular weight is 557 g/mol. The standard InChI is InChI=1S/C32H32N2O5S/c35-30(34-28(14-16-31(36)37)20-33-27-8-4-5-23(17-27)18-32(38)39)15-11-22-9-12-25(13-10-22)29-19-26(21-40-29)24-6-2-1-3-7-24/h1-10,12-13,17,19,21,28,33H,11,14-16,18,20H2,(H,34,35)(H,36,37)(H,38,39). The van der Waals surface area contributed by atoms with Gasteiger partial charge in [-0.1, -0.05) is 66.7 Å². The Labute approximate surface area is 237 Å². The van der Waals surface area contributed by atoms with Crippen molar-refractivity contribution in [1.82, 2.24) is 5.32 Å². The molecule has 1 atom stereocenters. The van der Waals surface area contributed by atoms with Gasteiger partial charge >= 0.3 is 11.9 Å². The Morgan fingerprint density at radius 1 is 0.750 bits per heavy atom. The van der Waals surface area contributed by atoms with Crippen LogP contribution in [0.1, 0.15) is 30.4 Å². The first kappa shape index (κ1) is 28.6. The molecule has 1 unspecified atom stereocenters. The second kappa shape index (κ2) is 14.1. The van der Waals surface area contributed by atoms with Gasteiger partial charge in [0.15, 0.2) is 0 Å². The molecule has 0 radical (unpaired) electrons. The topological polar surface area (TPSA) is 116 Å². The van der Waals surface area contributed by atoms with E-state index in [0.29, 0.717) is 18.5 Å². The van der Waals surface area contributed by atoms with Gasteiger partial charge in [0.25, 0.3) is 0 Å². The predicted molar refractivity (Wildman–Crippen MR) is 159 cm³/mol. The lowest BCUT2D eigenvalue weighted by atomic mass is 10.0. The zero-order valence-electron chi connectivity index (χ0n) is 22.0. The van der Waals surface area contributed by atoms with Gasteiger partial charge in [-0.15, -0.1) is 11.3 Å². The van der Waals surface area contributed by atoms with Crippen molar-refractivity contribution in [2.24, 2.45) is 0 Å². The summed E-state index contributed by atoms with van der Waals surface area (Å²) in [7, 11) is 0. The Bertz CT molecular complexity index is 1430. The van der Waals surface area contributed by atoms with E-state index in [2.05, 4.69) is 46.3 Å². The molecule has 1 heterocycles. The SMILES string of the molecule is O=C(O)CCC(CNc1cccc(CC(=O)O)c1)NC(=O)CCc1ccc(-c2cc(-c3ccccc3)cs2)cc1. The Hall–Kier alpha value is -4.43. The molecule has 206 valence electrons. The molecule has 0 aliphatic heterocycles. The minimum Gasteiger partial charge on any atom is -0.481 e. The first-order valence-corrected chi connectivity index (χ1v) is 14.0. The number of carbonyl (C=O) groups is 3. The first-order chi connectivity index (χ1) is 19.4. The van der Waals surface area contributed by atoms with Crippen LogP contribution in [0.2, 0.25) is 0 Å². The van der Waals surface area contributed by atoms with E-state index in [0.717, 1.165) is 16.8 Å². The maximum atomic E-state index is 12.7. The second-order valence-electron chi connectivity index (χ2n) is 9.61. The monoisotopic (exact) mass is 556 g/mol. The number of benzene rings is 3. The molecule has 0 spiro atoms. The van der Waals surface area contributed by atoms with E-state index >= 15 is 0 Å². The normalized spacial score (nSPS) is 11.5. The van der Waals surface area contributed by atoms with Crippen LogP contribution >= 0.6 is 11.3 Å². The minimum absolute atomic E-state index is 0.0676. The molecule has 1 amide bonds. The molecule has 0 bridgehead atoms. The fourth-order valence-electron chi connectivity index (χ4n) is 4.39. The fourth-order valence-corrected chi connectivity index (χ4v) is 5.32. The molecule has 7 nitrogen and oxygen atoms in total. The number of hydrogen-bond donors (Lipinski definition) is 4. The molecule has 4 aromatic rings. The lowest BCUT2D eigenvalue weighted by Gasteiger charge is -2.20. The van der Waals surface area contributed by atoms with Crippen LogP contribution in [0, 0.1) is 0 Å². The Balaban J connectivity index is 1.30. The van der Waals surface area contributed by atoms with Gasteiger partial charge in [-0.3, -0.25) is 14.4 Å². The number of hydrogen-bond acceptors (Lipinski definition) is 5. The summed E-state index contributed by atoms with van der Waals surface area (Å²) in [6.45, 7) is 0.329. The van der Waals surface area contributed by atoms with E-state index in [-0.39, 0.29) is 37.6 Å². The molecule has 40 heavy (non-hydrogen) atoms. The van der Waals surface area contributed by atoms with Crippen LogP contribution in [0.25, 0.3) is 21.6 Å². The number of aryl methyl sites for hydroxylation is 1. The Morgan fingerprint density at radius 3 is 2.25 bits per heavy atom. The number of carbonyl (C=O) groups excluding carboxylic acids is 1. The molecule has 4 rings (SSSR count). The van der Waals surface area contributed by atoms with E-state index < -0.39 is 11.9 Å². The van der Waals surface area contributed by atoms with Crippen molar-refractivity contribution in [2.75, 3.05) is 11.9 Å². The Kier molecular flexibility index (Phi) is 10.1. The zero-order valence-corrected chi connectivity index (χ0v) is 22.8. The van der Waals surface area contributed by atoms with E-state index in [4.69, 9.17) is 10.2 Å². The van der Waals surface area contributed by atoms with Gasteiger partial charge < -0.3 is 20.8 Å².